The molecule has 0 heterocycles. The lowest BCUT2D eigenvalue weighted by Crippen LogP contribution is -2.01. The number of carbonyl (C=O) groups is 1. The molecule has 2 aromatic rings. The molecule has 3 heteroatoms. The Kier molecular flexibility index (Phi) is 3.29. The van der Waals surface area contributed by atoms with Gasteiger partial charge in [-0.05, 0) is 43.3 Å². The molecule has 0 saturated carbocycles. The molecule has 0 aliphatic heterocycles. The normalized spacial score (nSPS) is 10.2. The van der Waals surface area contributed by atoms with Gasteiger partial charge in [-0.2, -0.15) is 0 Å². The van der Waals surface area contributed by atoms with Crippen LogP contribution in [0.1, 0.15) is 21.5 Å². The molecule has 0 fully saturated rings. The van der Waals surface area contributed by atoms with Crippen LogP contribution in [0.3, 0.4) is 0 Å². The first-order valence-electron chi connectivity index (χ1n) is 5.18. The van der Waals surface area contributed by atoms with Crippen LogP contribution in [0.2, 0.25) is 0 Å². The highest BCUT2D eigenvalue weighted by Gasteiger charge is 2.13. The highest BCUT2D eigenvalue weighted by molar-refractivity contribution is 9.10. The van der Waals surface area contributed by atoms with Gasteiger partial charge in [0.25, 0.3) is 0 Å². The van der Waals surface area contributed by atoms with Crippen LogP contribution in [0.4, 0.5) is 0 Å². The maximum absolute atomic E-state index is 12.2. The zero-order chi connectivity index (χ0) is 12.4. The Hall–Kier alpha value is -1.61. The minimum absolute atomic E-state index is 0.0171. The maximum Gasteiger partial charge on any atom is 0.196 e. The van der Waals surface area contributed by atoms with Crippen molar-refractivity contribution in [1.29, 1.82) is 0 Å². The van der Waals surface area contributed by atoms with Crippen LogP contribution in [-0.2, 0) is 0 Å². The van der Waals surface area contributed by atoms with Crippen LogP contribution in [0.25, 0.3) is 0 Å². The van der Waals surface area contributed by atoms with Crippen molar-refractivity contribution in [3.8, 4) is 5.75 Å². The molecule has 1 N–H and O–H groups in total. The lowest BCUT2D eigenvalue weighted by atomic mass is 10.0. The number of hydrogen-bond acceptors (Lipinski definition) is 2. The largest absolute Gasteiger partial charge is 0.507 e. The van der Waals surface area contributed by atoms with Gasteiger partial charge in [-0.25, -0.2) is 0 Å². The summed E-state index contributed by atoms with van der Waals surface area (Å²) in [6.07, 6.45) is 0. The topological polar surface area (TPSA) is 37.3 Å². The van der Waals surface area contributed by atoms with Gasteiger partial charge in [0, 0.05) is 10.0 Å². The summed E-state index contributed by atoms with van der Waals surface area (Å²) in [4.78, 5) is 12.2. The van der Waals surface area contributed by atoms with E-state index in [-0.39, 0.29) is 11.5 Å². The van der Waals surface area contributed by atoms with E-state index >= 15 is 0 Å². The molecule has 86 valence electrons. The number of phenolic OH excluding ortho intramolecular Hbond substituents is 1. The maximum atomic E-state index is 12.2. The average Bonchev–Trinajstić information content (AvgIpc) is 2.32. The number of aromatic hydroxyl groups is 1. The number of hydrogen-bond donors (Lipinski definition) is 1. The first kappa shape index (κ1) is 11.9. The van der Waals surface area contributed by atoms with Gasteiger partial charge in [-0.3, -0.25) is 4.79 Å². The third kappa shape index (κ3) is 2.56. The quantitative estimate of drug-likeness (QED) is 0.857. The molecular weight excluding hydrogens is 280 g/mol. The highest BCUT2D eigenvalue weighted by Crippen LogP contribution is 2.22. The monoisotopic (exact) mass is 290 g/mol. The van der Waals surface area contributed by atoms with Gasteiger partial charge in [0.2, 0.25) is 0 Å². The lowest BCUT2D eigenvalue weighted by Gasteiger charge is -2.05. The van der Waals surface area contributed by atoms with E-state index in [1.165, 1.54) is 0 Å². The van der Waals surface area contributed by atoms with Crippen molar-refractivity contribution >= 4 is 21.7 Å². The Balaban J connectivity index is 2.43. The number of benzene rings is 2. The smallest absolute Gasteiger partial charge is 0.196 e. The first-order chi connectivity index (χ1) is 8.08. The van der Waals surface area contributed by atoms with Crippen LogP contribution in [0, 0.1) is 6.92 Å². The minimum Gasteiger partial charge on any atom is -0.507 e. The van der Waals surface area contributed by atoms with Crippen molar-refractivity contribution in [2.45, 2.75) is 6.92 Å². The van der Waals surface area contributed by atoms with Crippen molar-refractivity contribution in [1.82, 2.24) is 0 Å². The van der Waals surface area contributed by atoms with E-state index in [1.807, 2.05) is 6.92 Å². The fourth-order valence-corrected chi connectivity index (χ4v) is 1.85. The van der Waals surface area contributed by atoms with Crippen molar-refractivity contribution in [2.24, 2.45) is 0 Å². The second-order valence-electron chi connectivity index (χ2n) is 3.86. The predicted octanol–water partition coefficient (Wildman–Crippen LogP) is 3.69. The second-order valence-corrected chi connectivity index (χ2v) is 4.77. The number of rotatable bonds is 2. The van der Waals surface area contributed by atoms with E-state index < -0.39 is 0 Å². The summed E-state index contributed by atoms with van der Waals surface area (Å²) >= 11 is 3.32. The van der Waals surface area contributed by atoms with Crippen LogP contribution >= 0.6 is 15.9 Å². The summed E-state index contributed by atoms with van der Waals surface area (Å²) in [5.41, 5.74) is 1.85. The van der Waals surface area contributed by atoms with Crippen molar-refractivity contribution in [3.05, 3.63) is 63.6 Å². The van der Waals surface area contributed by atoms with Gasteiger partial charge < -0.3 is 5.11 Å². The van der Waals surface area contributed by atoms with E-state index in [9.17, 15) is 9.90 Å². The van der Waals surface area contributed by atoms with Gasteiger partial charge >= 0.3 is 0 Å². The summed E-state index contributed by atoms with van der Waals surface area (Å²) < 4.78 is 0.919. The van der Waals surface area contributed by atoms with Crippen molar-refractivity contribution < 1.29 is 9.90 Å². The summed E-state index contributed by atoms with van der Waals surface area (Å²) in [5, 5.41) is 9.69. The molecule has 0 unspecified atom stereocenters. The number of aryl methyl sites for hydroxylation is 1. The number of halogens is 1. The Morgan fingerprint density at radius 1 is 1.12 bits per heavy atom. The molecule has 0 atom stereocenters. The molecule has 0 aromatic heterocycles. The second kappa shape index (κ2) is 4.72. The Labute approximate surface area is 108 Å². The molecule has 0 aliphatic carbocycles. The molecule has 2 aromatic carbocycles. The van der Waals surface area contributed by atoms with Gasteiger partial charge in [-0.15, -0.1) is 0 Å². The van der Waals surface area contributed by atoms with Gasteiger partial charge in [0.05, 0.1) is 5.56 Å². The van der Waals surface area contributed by atoms with E-state index in [0.29, 0.717) is 11.1 Å². The van der Waals surface area contributed by atoms with Crippen LogP contribution in [0.15, 0.2) is 46.9 Å². The van der Waals surface area contributed by atoms with Gasteiger partial charge in [0.1, 0.15) is 5.75 Å². The molecular formula is C14H11BrO2. The summed E-state index contributed by atoms with van der Waals surface area (Å²) in [6.45, 7) is 1.89. The molecule has 17 heavy (non-hydrogen) atoms. The Morgan fingerprint density at radius 3 is 2.41 bits per heavy atom. The average molecular weight is 291 g/mol. The van der Waals surface area contributed by atoms with E-state index in [4.69, 9.17) is 0 Å². The van der Waals surface area contributed by atoms with Crippen molar-refractivity contribution in [3.63, 3.8) is 0 Å². The van der Waals surface area contributed by atoms with Crippen molar-refractivity contribution in [2.75, 3.05) is 0 Å². The highest BCUT2D eigenvalue weighted by atomic mass is 79.9. The third-order valence-electron chi connectivity index (χ3n) is 2.50. The minimum atomic E-state index is -0.168. The van der Waals surface area contributed by atoms with Gasteiger partial charge in [0.15, 0.2) is 5.78 Å². The Bertz CT molecular complexity index is 559. The third-order valence-corrected chi connectivity index (χ3v) is 3.03. The zero-order valence-corrected chi connectivity index (χ0v) is 10.9. The summed E-state index contributed by atoms with van der Waals surface area (Å²) in [7, 11) is 0. The number of carbonyl (C=O) groups excluding carboxylic acids is 1. The van der Waals surface area contributed by atoms with Crippen LogP contribution in [0.5, 0.6) is 5.75 Å². The van der Waals surface area contributed by atoms with E-state index in [0.717, 1.165) is 10.0 Å². The molecule has 2 nitrogen and oxygen atoms in total. The molecule has 0 bridgehead atoms. The number of ketones is 1. The lowest BCUT2D eigenvalue weighted by molar-refractivity contribution is 0.103. The van der Waals surface area contributed by atoms with E-state index in [2.05, 4.69) is 15.9 Å². The predicted molar refractivity (Wildman–Crippen MR) is 70.4 cm³/mol. The van der Waals surface area contributed by atoms with Crippen LogP contribution in [-0.4, -0.2) is 10.9 Å². The standard InChI is InChI=1S/C14H11BrO2/c1-9-2-7-13(16)12(8-9)14(17)10-3-5-11(15)6-4-10/h2-8,16H,1H3. The Morgan fingerprint density at radius 2 is 1.76 bits per heavy atom. The molecule has 2 rings (SSSR count). The summed E-state index contributed by atoms with van der Waals surface area (Å²) in [6, 6.07) is 12.1. The first-order valence-corrected chi connectivity index (χ1v) is 5.97. The van der Waals surface area contributed by atoms with E-state index in [1.54, 1.807) is 42.5 Å². The van der Waals surface area contributed by atoms with Gasteiger partial charge in [-0.1, -0.05) is 27.6 Å². The molecule has 0 saturated heterocycles. The SMILES string of the molecule is Cc1ccc(O)c(C(=O)c2ccc(Br)cc2)c1. The fraction of sp³-hybridized carbons (Fsp3) is 0.0714. The fourth-order valence-electron chi connectivity index (χ4n) is 1.59. The molecule has 0 amide bonds. The molecule has 0 spiro atoms. The zero-order valence-electron chi connectivity index (χ0n) is 9.27. The van der Waals surface area contributed by atoms with Crippen LogP contribution < -0.4 is 0 Å². The molecule has 0 aliphatic rings. The number of phenols is 1. The molecule has 0 radical (unpaired) electrons. The summed E-state index contributed by atoms with van der Waals surface area (Å²) in [5.74, 6) is -0.151.